The van der Waals surface area contributed by atoms with Crippen molar-refractivity contribution in [2.45, 2.75) is 12.6 Å². The minimum Gasteiger partial charge on any atom is -0.409 e. The Morgan fingerprint density at radius 3 is 2.67 bits per heavy atom. The van der Waals surface area contributed by atoms with Gasteiger partial charge in [-0.15, -0.1) is 0 Å². The van der Waals surface area contributed by atoms with Crippen molar-refractivity contribution in [1.82, 2.24) is 0 Å². The third kappa shape index (κ3) is 4.85. The number of alkyl halides is 3. The number of carbonyl (C=O) groups excluding carboxylic acids is 1. The largest absolute Gasteiger partial charge is 0.416 e. The zero-order valence-electron chi connectivity index (χ0n) is 11.1. The van der Waals surface area contributed by atoms with Gasteiger partial charge in [0.15, 0.2) is 5.84 Å². The lowest BCUT2D eigenvalue weighted by molar-refractivity contribution is -0.137. The van der Waals surface area contributed by atoms with Gasteiger partial charge in [-0.3, -0.25) is 4.79 Å². The first-order valence-electron chi connectivity index (χ1n) is 5.77. The Labute approximate surface area is 123 Å². The van der Waals surface area contributed by atoms with E-state index in [0.29, 0.717) is 5.75 Å². The fraction of sp³-hybridized carbons (Fsp3) is 0.333. The molecule has 1 amide bonds. The number of amides is 1. The molecule has 0 aliphatic carbocycles. The van der Waals surface area contributed by atoms with Crippen molar-refractivity contribution >= 4 is 29.2 Å². The van der Waals surface area contributed by atoms with Crippen LogP contribution >= 0.6 is 11.8 Å². The van der Waals surface area contributed by atoms with Gasteiger partial charge in [0, 0.05) is 17.7 Å². The van der Waals surface area contributed by atoms with E-state index in [1.165, 1.54) is 11.8 Å². The van der Waals surface area contributed by atoms with Crippen molar-refractivity contribution in [1.29, 1.82) is 0 Å². The van der Waals surface area contributed by atoms with Crippen molar-refractivity contribution < 1.29 is 23.2 Å². The molecule has 5 nitrogen and oxygen atoms in total. The first kappa shape index (κ1) is 17.2. The van der Waals surface area contributed by atoms with Gasteiger partial charge < -0.3 is 16.3 Å². The number of anilines is 1. The highest BCUT2D eigenvalue weighted by molar-refractivity contribution is 7.98. The third-order valence-electron chi connectivity index (χ3n) is 2.54. The zero-order valence-corrected chi connectivity index (χ0v) is 11.9. The molecule has 1 aromatic carbocycles. The van der Waals surface area contributed by atoms with Gasteiger partial charge in [-0.2, -0.15) is 24.9 Å². The summed E-state index contributed by atoms with van der Waals surface area (Å²) in [5.41, 5.74) is 4.28. The second-order valence-corrected chi connectivity index (χ2v) is 5.02. The molecule has 4 N–H and O–H groups in total. The average Bonchev–Trinajstić information content (AvgIpc) is 2.43. The molecule has 0 aliphatic rings. The molecule has 0 aliphatic heterocycles. The number of rotatable bonds is 5. The van der Waals surface area contributed by atoms with Gasteiger partial charge in [0.1, 0.15) is 0 Å². The lowest BCUT2D eigenvalue weighted by Crippen LogP contribution is -2.20. The van der Waals surface area contributed by atoms with Crippen LogP contribution in [0.1, 0.15) is 17.5 Å². The first-order chi connectivity index (χ1) is 9.79. The van der Waals surface area contributed by atoms with Crippen molar-refractivity contribution in [3.8, 4) is 0 Å². The van der Waals surface area contributed by atoms with E-state index in [-0.39, 0.29) is 23.6 Å². The molecule has 0 spiro atoms. The summed E-state index contributed by atoms with van der Waals surface area (Å²) in [4.78, 5) is 11.6. The standard InChI is InChI=1S/C12H14F3N3O2S/c1-21-5-4-10(19)17-9-3-2-7(12(13,14)15)6-8(9)11(16)18-20/h2-3,6,20H,4-5H2,1H3,(H2,16,18)(H,17,19). The van der Waals surface area contributed by atoms with E-state index in [4.69, 9.17) is 10.9 Å². The maximum atomic E-state index is 12.7. The maximum Gasteiger partial charge on any atom is 0.416 e. The molecule has 0 unspecified atom stereocenters. The van der Waals surface area contributed by atoms with E-state index in [1.807, 2.05) is 6.26 Å². The molecule has 116 valence electrons. The first-order valence-corrected chi connectivity index (χ1v) is 7.17. The van der Waals surface area contributed by atoms with Crippen LogP contribution in [-0.2, 0) is 11.0 Å². The van der Waals surface area contributed by atoms with Crippen molar-refractivity contribution in [2.24, 2.45) is 10.9 Å². The summed E-state index contributed by atoms with van der Waals surface area (Å²) in [6, 6.07) is 2.62. The van der Waals surface area contributed by atoms with Crippen LogP contribution in [-0.4, -0.2) is 29.0 Å². The number of halogens is 3. The minimum absolute atomic E-state index is 0.0596. The van der Waals surface area contributed by atoms with Crippen LogP contribution in [0.15, 0.2) is 23.4 Å². The lowest BCUT2D eigenvalue weighted by atomic mass is 10.1. The Bertz CT molecular complexity index is 547. The molecular formula is C12H14F3N3O2S. The van der Waals surface area contributed by atoms with Gasteiger partial charge in [-0.05, 0) is 24.5 Å². The van der Waals surface area contributed by atoms with Crippen LogP contribution in [0.3, 0.4) is 0 Å². The number of hydrogen-bond donors (Lipinski definition) is 3. The van der Waals surface area contributed by atoms with E-state index in [9.17, 15) is 18.0 Å². The Hall–Kier alpha value is -1.90. The van der Waals surface area contributed by atoms with Gasteiger partial charge in [0.05, 0.1) is 11.3 Å². The van der Waals surface area contributed by atoms with Crippen LogP contribution in [0.2, 0.25) is 0 Å². The summed E-state index contributed by atoms with van der Waals surface area (Å²) in [5.74, 6) is -0.303. The highest BCUT2D eigenvalue weighted by Gasteiger charge is 2.31. The molecule has 0 atom stereocenters. The number of amidine groups is 1. The van der Waals surface area contributed by atoms with Crippen LogP contribution in [0.25, 0.3) is 0 Å². The quantitative estimate of drug-likeness (QED) is 0.336. The molecule has 0 saturated heterocycles. The second-order valence-electron chi connectivity index (χ2n) is 4.03. The molecule has 21 heavy (non-hydrogen) atoms. The summed E-state index contributed by atoms with van der Waals surface area (Å²) < 4.78 is 38.0. The number of benzene rings is 1. The molecule has 0 radical (unpaired) electrons. The number of nitrogens with one attached hydrogen (secondary N) is 1. The van der Waals surface area contributed by atoms with Gasteiger partial charge >= 0.3 is 6.18 Å². The SMILES string of the molecule is CSCCC(=O)Nc1ccc(C(F)(F)F)cc1/C(N)=N/O. The molecule has 1 rings (SSSR count). The topological polar surface area (TPSA) is 87.7 Å². The van der Waals surface area contributed by atoms with Crippen molar-refractivity contribution in [3.63, 3.8) is 0 Å². The average molecular weight is 321 g/mol. The summed E-state index contributed by atoms with van der Waals surface area (Å²) in [7, 11) is 0. The van der Waals surface area contributed by atoms with E-state index >= 15 is 0 Å². The molecule has 9 heteroatoms. The third-order valence-corrected chi connectivity index (χ3v) is 3.15. The van der Waals surface area contributed by atoms with Gasteiger partial charge in [-0.1, -0.05) is 5.16 Å². The molecule has 0 fully saturated rings. The molecule has 0 heterocycles. The molecule has 0 bridgehead atoms. The van der Waals surface area contributed by atoms with Gasteiger partial charge in [0.25, 0.3) is 0 Å². The Morgan fingerprint density at radius 1 is 1.48 bits per heavy atom. The fourth-order valence-corrected chi connectivity index (χ4v) is 1.89. The zero-order chi connectivity index (χ0) is 16.0. The smallest absolute Gasteiger partial charge is 0.409 e. The predicted molar refractivity (Wildman–Crippen MR) is 75.6 cm³/mol. The van der Waals surface area contributed by atoms with E-state index in [2.05, 4.69) is 10.5 Å². The lowest BCUT2D eigenvalue weighted by Gasteiger charge is -2.13. The highest BCUT2D eigenvalue weighted by Crippen LogP contribution is 2.31. The summed E-state index contributed by atoms with van der Waals surface area (Å²) >= 11 is 1.46. The monoisotopic (exact) mass is 321 g/mol. The van der Waals surface area contributed by atoms with E-state index in [1.54, 1.807) is 0 Å². The van der Waals surface area contributed by atoms with E-state index in [0.717, 1.165) is 18.2 Å². The van der Waals surface area contributed by atoms with Gasteiger partial charge in [-0.25, -0.2) is 0 Å². The summed E-state index contributed by atoms with van der Waals surface area (Å²) in [5, 5.41) is 13.8. The number of thioether (sulfide) groups is 1. The number of nitrogens with zero attached hydrogens (tertiary/aromatic N) is 1. The summed E-state index contributed by atoms with van der Waals surface area (Å²) in [6.45, 7) is 0. The van der Waals surface area contributed by atoms with Gasteiger partial charge in [0.2, 0.25) is 5.91 Å². The highest BCUT2D eigenvalue weighted by atomic mass is 32.2. The maximum absolute atomic E-state index is 12.7. The van der Waals surface area contributed by atoms with E-state index < -0.39 is 17.6 Å². The normalized spacial score (nSPS) is 12.3. The Kier molecular flexibility index (Phi) is 5.89. The number of carbonyl (C=O) groups is 1. The van der Waals surface area contributed by atoms with Crippen LogP contribution in [0, 0.1) is 0 Å². The van der Waals surface area contributed by atoms with Crippen molar-refractivity contribution in [3.05, 3.63) is 29.3 Å². The molecule has 1 aromatic rings. The number of hydrogen-bond acceptors (Lipinski definition) is 4. The Morgan fingerprint density at radius 2 is 2.14 bits per heavy atom. The fourth-order valence-electron chi connectivity index (χ4n) is 1.50. The van der Waals surface area contributed by atoms with Crippen LogP contribution < -0.4 is 11.1 Å². The predicted octanol–water partition coefficient (Wildman–Crippen LogP) is 2.49. The molecule has 0 aromatic heterocycles. The number of oxime groups is 1. The van der Waals surface area contributed by atoms with Crippen LogP contribution in [0.4, 0.5) is 18.9 Å². The minimum atomic E-state index is -4.56. The second kappa shape index (κ2) is 7.21. The molecular weight excluding hydrogens is 307 g/mol. The summed E-state index contributed by atoms with van der Waals surface area (Å²) in [6.07, 6.45) is -2.53. The molecule has 0 saturated carbocycles. The van der Waals surface area contributed by atoms with Crippen LogP contribution in [0.5, 0.6) is 0 Å². The Balaban J connectivity index is 3.11. The van der Waals surface area contributed by atoms with Crippen molar-refractivity contribution in [2.75, 3.05) is 17.3 Å². The number of nitrogens with two attached hydrogens (primary N) is 1.